The Balaban J connectivity index is 1.59. The number of amides is 2. The van der Waals surface area contributed by atoms with Crippen LogP contribution in [-0.4, -0.2) is 22.4 Å². The third-order valence-electron chi connectivity index (χ3n) is 7.07. The number of carbonyl (C=O) groups excluding carboxylic acids is 2. The van der Waals surface area contributed by atoms with Gasteiger partial charge in [-0.1, -0.05) is 71.5 Å². The first kappa shape index (κ1) is 26.0. The molecule has 7 nitrogen and oxygen atoms in total. The van der Waals surface area contributed by atoms with Crippen molar-refractivity contribution in [1.82, 2.24) is 4.57 Å². The van der Waals surface area contributed by atoms with Crippen molar-refractivity contribution in [2.45, 2.75) is 32.9 Å². The quantitative estimate of drug-likeness (QED) is 0.389. The molecule has 0 fully saturated rings. The van der Waals surface area contributed by atoms with Crippen LogP contribution in [-0.2, 0) is 9.59 Å². The number of fused-ring (bicyclic) bond motifs is 2. The van der Waals surface area contributed by atoms with Gasteiger partial charge in [-0.2, -0.15) is 0 Å². The summed E-state index contributed by atoms with van der Waals surface area (Å²) in [6.45, 7) is 5.65. The minimum atomic E-state index is -0.764. The van der Waals surface area contributed by atoms with Gasteiger partial charge in [-0.05, 0) is 56.7 Å². The molecule has 0 spiro atoms. The van der Waals surface area contributed by atoms with Crippen LogP contribution in [0, 0.1) is 0 Å². The fraction of sp³-hybridized carbons (Fsp3) is 0.161. The van der Waals surface area contributed by atoms with Crippen LogP contribution in [0.2, 0.25) is 5.02 Å². The molecule has 1 atom stereocenters. The van der Waals surface area contributed by atoms with Crippen LogP contribution in [0.4, 0.5) is 11.4 Å². The zero-order valence-corrected chi connectivity index (χ0v) is 23.6. The van der Waals surface area contributed by atoms with E-state index in [1.54, 1.807) is 48.2 Å². The molecule has 0 radical (unpaired) electrons. The molecule has 3 aromatic carbocycles. The van der Waals surface area contributed by atoms with E-state index in [-0.39, 0.29) is 23.4 Å². The minimum Gasteiger partial charge on any atom is -0.322 e. The number of nitrogens with zero attached hydrogens (tertiary/aromatic N) is 3. The first-order valence-corrected chi connectivity index (χ1v) is 14.1. The van der Waals surface area contributed by atoms with E-state index in [0.29, 0.717) is 48.0 Å². The van der Waals surface area contributed by atoms with E-state index >= 15 is 0 Å². The molecule has 1 aromatic heterocycles. The van der Waals surface area contributed by atoms with Gasteiger partial charge in [-0.25, -0.2) is 4.99 Å². The summed E-state index contributed by atoms with van der Waals surface area (Å²) in [5.41, 5.74) is 3.65. The van der Waals surface area contributed by atoms with Crippen molar-refractivity contribution in [3.63, 3.8) is 0 Å². The number of allylic oxidation sites excluding steroid dienone is 1. The van der Waals surface area contributed by atoms with Gasteiger partial charge in [0.1, 0.15) is 4.53 Å². The van der Waals surface area contributed by atoms with Crippen LogP contribution in [0.25, 0.3) is 5.57 Å². The molecule has 0 bridgehead atoms. The molecule has 6 rings (SSSR count). The highest BCUT2D eigenvalue weighted by Crippen LogP contribution is 2.37. The molecule has 0 aliphatic carbocycles. The summed E-state index contributed by atoms with van der Waals surface area (Å²) in [4.78, 5) is 48.5. The molecule has 3 heterocycles. The molecule has 0 saturated carbocycles. The van der Waals surface area contributed by atoms with Crippen molar-refractivity contribution in [3.8, 4) is 0 Å². The largest absolute Gasteiger partial charge is 0.322 e. The Morgan fingerprint density at radius 2 is 1.65 bits per heavy atom. The molecule has 2 aliphatic rings. The third-order valence-corrected chi connectivity index (χ3v) is 8.37. The van der Waals surface area contributed by atoms with Gasteiger partial charge < -0.3 is 10.2 Å². The summed E-state index contributed by atoms with van der Waals surface area (Å²) < 4.78 is 1.83. The second kappa shape index (κ2) is 10.0. The van der Waals surface area contributed by atoms with Gasteiger partial charge >= 0.3 is 0 Å². The second-order valence-electron chi connectivity index (χ2n) is 9.94. The van der Waals surface area contributed by atoms with Crippen molar-refractivity contribution in [3.05, 3.63) is 126 Å². The standard InChI is InChI=1S/C31H25ClN4O3S/c1-17(2)35-23-12-8-7-11-22(23)25(29(35)38)27-30(39)36-26(19-13-15-20(32)16-14-19)24(18(3)33-31(36)40-27)28(37)34-21-9-5-4-6-10-21/h4-17,26H,1-3H3,(H,34,37)/b27-25+/t26-/m0/s1. The van der Waals surface area contributed by atoms with Gasteiger partial charge in [0.05, 0.1) is 28.6 Å². The van der Waals surface area contributed by atoms with E-state index in [0.717, 1.165) is 5.69 Å². The number of hydrogen-bond donors (Lipinski definition) is 1. The van der Waals surface area contributed by atoms with Gasteiger partial charge in [0.15, 0.2) is 4.80 Å². The number of benzene rings is 3. The highest BCUT2D eigenvalue weighted by Gasteiger charge is 2.37. The summed E-state index contributed by atoms with van der Waals surface area (Å²) in [5.74, 6) is -0.583. The molecule has 200 valence electrons. The average Bonchev–Trinajstić information content (AvgIpc) is 3.41. The summed E-state index contributed by atoms with van der Waals surface area (Å²) in [7, 11) is 0. The fourth-order valence-electron chi connectivity index (χ4n) is 5.31. The number of carbonyl (C=O) groups is 2. The lowest BCUT2D eigenvalue weighted by Crippen LogP contribution is -2.41. The normalized spacial score (nSPS) is 17.6. The van der Waals surface area contributed by atoms with Gasteiger partial charge in [0.2, 0.25) is 0 Å². The van der Waals surface area contributed by atoms with Crippen molar-refractivity contribution in [2.75, 3.05) is 10.2 Å². The molecule has 4 aromatic rings. The average molecular weight is 569 g/mol. The van der Waals surface area contributed by atoms with E-state index in [1.165, 1.54) is 15.9 Å². The molecule has 2 amide bonds. The summed E-state index contributed by atoms with van der Waals surface area (Å²) in [6.07, 6.45) is 0. The van der Waals surface area contributed by atoms with Crippen LogP contribution in [0.15, 0.2) is 99.9 Å². The zero-order chi connectivity index (χ0) is 28.1. The van der Waals surface area contributed by atoms with E-state index < -0.39 is 6.04 Å². The smallest absolute Gasteiger partial charge is 0.271 e. The molecule has 1 N–H and O–H groups in total. The molecule has 0 saturated heterocycles. The molecule has 2 aliphatic heterocycles. The fourth-order valence-corrected chi connectivity index (χ4v) is 6.58. The first-order valence-electron chi connectivity index (χ1n) is 12.9. The maximum absolute atomic E-state index is 14.3. The number of rotatable bonds is 4. The van der Waals surface area contributed by atoms with Gasteiger partial charge in [0.25, 0.3) is 17.4 Å². The molecule has 40 heavy (non-hydrogen) atoms. The highest BCUT2D eigenvalue weighted by molar-refractivity contribution is 7.07. The Morgan fingerprint density at radius 1 is 0.975 bits per heavy atom. The van der Waals surface area contributed by atoms with Crippen molar-refractivity contribution in [1.29, 1.82) is 0 Å². The van der Waals surface area contributed by atoms with Crippen LogP contribution < -0.4 is 25.1 Å². The van der Waals surface area contributed by atoms with E-state index in [1.807, 2.05) is 56.3 Å². The lowest BCUT2D eigenvalue weighted by atomic mass is 9.95. The van der Waals surface area contributed by atoms with Crippen molar-refractivity contribution >= 4 is 51.7 Å². The molecule has 9 heteroatoms. The Morgan fingerprint density at radius 3 is 2.35 bits per heavy atom. The highest BCUT2D eigenvalue weighted by atomic mass is 35.5. The van der Waals surface area contributed by atoms with Gasteiger partial charge in [-0.3, -0.25) is 19.0 Å². The second-order valence-corrected chi connectivity index (χ2v) is 11.3. The number of nitrogens with one attached hydrogen (secondary N) is 1. The predicted molar refractivity (Wildman–Crippen MR) is 158 cm³/mol. The van der Waals surface area contributed by atoms with Crippen LogP contribution in [0.5, 0.6) is 0 Å². The Bertz CT molecular complexity index is 1890. The summed E-state index contributed by atoms with van der Waals surface area (Å²) >= 11 is 7.36. The molecular weight excluding hydrogens is 544 g/mol. The lowest BCUT2D eigenvalue weighted by molar-refractivity contribution is -0.114. The summed E-state index contributed by atoms with van der Waals surface area (Å²) in [6, 6.07) is 22.8. The number of anilines is 2. The minimum absolute atomic E-state index is 0.0906. The Kier molecular flexibility index (Phi) is 6.52. The number of halogens is 1. The third kappa shape index (κ3) is 4.20. The number of hydrogen-bond acceptors (Lipinski definition) is 5. The van der Waals surface area contributed by atoms with Crippen LogP contribution >= 0.6 is 22.9 Å². The lowest BCUT2D eigenvalue weighted by Gasteiger charge is -2.25. The Labute approximate surface area is 239 Å². The van der Waals surface area contributed by atoms with Gasteiger partial charge in [-0.15, -0.1) is 0 Å². The SMILES string of the molecule is CC1=C(C(=O)Nc2ccccc2)[C@H](c2ccc(Cl)cc2)n2c(s/c(=C3/C(=O)N(C(C)C)c4ccccc43)c2=O)=N1. The monoisotopic (exact) mass is 568 g/mol. The van der Waals surface area contributed by atoms with E-state index in [9.17, 15) is 14.4 Å². The number of thiazole rings is 1. The Hall–Kier alpha value is -4.27. The first-order chi connectivity index (χ1) is 19.3. The molecular formula is C31H25ClN4O3S. The number of aromatic nitrogens is 1. The van der Waals surface area contributed by atoms with Crippen LogP contribution in [0.3, 0.4) is 0 Å². The summed E-state index contributed by atoms with van der Waals surface area (Å²) in [5, 5.41) is 3.48. The topological polar surface area (TPSA) is 83.8 Å². The predicted octanol–water partition coefficient (Wildman–Crippen LogP) is 4.65. The van der Waals surface area contributed by atoms with Gasteiger partial charge in [0, 0.05) is 22.3 Å². The van der Waals surface area contributed by atoms with Crippen molar-refractivity contribution < 1.29 is 9.59 Å². The van der Waals surface area contributed by atoms with Crippen molar-refractivity contribution in [2.24, 2.45) is 4.99 Å². The van der Waals surface area contributed by atoms with Crippen LogP contribution in [0.1, 0.15) is 37.9 Å². The van der Waals surface area contributed by atoms with E-state index in [2.05, 4.69) is 5.32 Å². The number of para-hydroxylation sites is 2. The van der Waals surface area contributed by atoms with E-state index in [4.69, 9.17) is 16.6 Å². The molecule has 0 unspecified atom stereocenters. The zero-order valence-electron chi connectivity index (χ0n) is 22.0. The maximum atomic E-state index is 14.3. The maximum Gasteiger partial charge on any atom is 0.271 e.